The molecule has 0 aliphatic heterocycles. The van der Waals surface area contributed by atoms with E-state index in [0.29, 0.717) is 4.31 Å². The molecule has 0 aromatic rings. The van der Waals surface area contributed by atoms with Crippen LogP contribution in [0.15, 0.2) is 0 Å². The molecule has 0 fully saturated rings. The molecule has 0 aliphatic rings. The van der Waals surface area contributed by atoms with Crippen LogP contribution in [0, 0.1) is 0 Å². The molecule has 0 amide bonds. The molecular formula is C4H9Se+. The average molecular weight is 136 g/mol. The molecule has 30 valence electrons. The summed E-state index contributed by atoms with van der Waals surface area (Å²) in [7, 11) is 0. The van der Waals surface area contributed by atoms with Crippen molar-refractivity contribution in [2.24, 2.45) is 0 Å². The summed E-state index contributed by atoms with van der Waals surface area (Å²) in [6.45, 7) is 6.40. The molecule has 0 aliphatic carbocycles. The van der Waals surface area contributed by atoms with Gasteiger partial charge in [0.05, 0.1) is 0 Å². The number of rotatable bonds is 0. The van der Waals surface area contributed by atoms with Gasteiger partial charge < -0.3 is 0 Å². The van der Waals surface area contributed by atoms with Crippen LogP contribution in [-0.2, 0) is 0 Å². The Hall–Kier alpha value is 0.519. The molecule has 0 unspecified atom stereocenters. The van der Waals surface area contributed by atoms with Crippen molar-refractivity contribution < 1.29 is 0 Å². The van der Waals surface area contributed by atoms with Crippen molar-refractivity contribution in [1.29, 1.82) is 0 Å². The molecule has 0 rings (SSSR count). The van der Waals surface area contributed by atoms with E-state index in [1.807, 2.05) is 0 Å². The van der Waals surface area contributed by atoms with Gasteiger partial charge in [-0.05, 0) is 0 Å². The summed E-state index contributed by atoms with van der Waals surface area (Å²) in [5.74, 6) is 0. The van der Waals surface area contributed by atoms with Crippen LogP contribution in [0.5, 0.6) is 0 Å². The molecule has 0 bridgehead atoms. The zero-order chi connectivity index (χ0) is 4.50. The Morgan fingerprint density at radius 3 is 1.20 bits per heavy atom. The van der Waals surface area contributed by atoms with Gasteiger partial charge in [0.25, 0.3) is 0 Å². The molecule has 0 spiro atoms. The van der Waals surface area contributed by atoms with Crippen LogP contribution in [-0.4, -0.2) is 16.0 Å². The first-order chi connectivity index (χ1) is 2.00. The van der Waals surface area contributed by atoms with Crippen LogP contribution in [0.4, 0.5) is 0 Å². The van der Waals surface area contributed by atoms with Gasteiger partial charge in [0.2, 0.25) is 0 Å². The van der Waals surface area contributed by atoms with Gasteiger partial charge in [-0.1, -0.05) is 0 Å². The molecule has 0 saturated heterocycles. The standard InChI is InChI=1S/C4H9Se/c1-4(2,3)5/h1-3H3/q+1. The summed E-state index contributed by atoms with van der Waals surface area (Å²) >= 11 is 2.98. The monoisotopic (exact) mass is 137 g/mol. The van der Waals surface area contributed by atoms with Crippen molar-refractivity contribution in [2.45, 2.75) is 25.1 Å². The first-order valence-electron chi connectivity index (χ1n) is 1.70. The van der Waals surface area contributed by atoms with Gasteiger partial charge in [-0.2, -0.15) is 0 Å². The first-order valence-corrected chi connectivity index (χ1v) is 2.56. The molecule has 0 N–H and O–H groups in total. The van der Waals surface area contributed by atoms with Gasteiger partial charge in [-0.25, -0.2) is 0 Å². The molecular weight excluding hydrogens is 127 g/mol. The van der Waals surface area contributed by atoms with E-state index in [1.54, 1.807) is 0 Å². The van der Waals surface area contributed by atoms with E-state index in [4.69, 9.17) is 0 Å². The van der Waals surface area contributed by atoms with Crippen molar-refractivity contribution in [3.63, 3.8) is 0 Å². The molecule has 2 radical (unpaired) electrons. The van der Waals surface area contributed by atoms with E-state index in [1.165, 1.54) is 0 Å². The molecule has 0 atom stereocenters. The SMILES string of the molecule is CC(C)(C)[Se+]. The third kappa shape index (κ3) is 106. The first kappa shape index (κ1) is 5.52. The van der Waals surface area contributed by atoms with Crippen molar-refractivity contribution in [2.75, 3.05) is 0 Å². The minimum atomic E-state index is 0.375. The molecule has 5 heavy (non-hydrogen) atoms. The number of hydrogen-bond donors (Lipinski definition) is 0. The molecule has 1 heteroatoms. The summed E-state index contributed by atoms with van der Waals surface area (Å²) in [4.78, 5) is 0. The van der Waals surface area contributed by atoms with Crippen LogP contribution >= 0.6 is 0 Å². The van der Waals surface area contributed by atoms with E-state index >= 15 is 0 Å². The van der Waals surface area contributed by atoms with Gasteiger partial charge in [0.15, 0.2) is 0 Å². The Labute approximate surface area is 41.8 Å². The average Bonchev–Trinajstić information content (AvgIpc) is 0.722. The Bertz CT molecular complexity index is 19.1. The van der Waals surface area contributed by atoms with Gasteiger partial charge in [0, 0.05) is 0 Å². The van der Waals surface area contributed by atoms with Crippen molar-refractivity contribution >= 4 is 16.0 Å². The van der Waals surface area contributed by atoms with Gasteiger partial charge >= 0.3 is 41.1 Å². The predicted octanol–water partition coefficient (Wildman–Crippen LogP) is 1.37. The third-order valence-corrected chi connectivity index (χ3v) is 0. The zero-order valence-corrected chi connectivity index (χ0v) is 5.62. The van der Waals surface area contributed by atoms with Crippen molar-refractivity contribution in [3.05, 3.63) is 0 Å². The summed E-state index contributed by atoms with van der Waals surface area (Å²) in [6.07, 6.45) is 0. The quantitative estimate of drug-likeness (QED) is 0.441. The van der Waals surface area contributed by atoms with Crippen LogP contribution in [0.2, 0.25) is 4.31 Å². The van der Waals surface area contributed by atoms with E-state index < -0.39 is 0 Å². The molecule has 0 aromatic heterocycles. The van der Waals surface area contributed by atoms with Crippen LogP contribution in [0.1, 0.15) is 20.8 Å². The normalized spacial score (nSPS) is 12.0. The zero-order valence-electron chi connectivity index (χ0n) is 3.91. The second kappa shape index (κ2) is 1.32. The number of hydrogen-bond acceptors (Lipinski definition) is 0. The van der Waals surface area contributed by atoms with Gasteiger partial charge in [-0.15, -0.1) is 0 Å². The molecule has 0 saturated carbocycles. The molecule has 0 nitrogen and oxygen atoms in total. The Balaban J connectivity index is 3.02. The Morgan fingerprint density at radius 1 is 1.20 bits per heavy atom. The van der Waals surface area contributed by atoms with Crippen LogP contribution in [0.3, 0.4) is 0 Å². The van der Waals surface area contributed by atoms with Crippen molar-refractivity contribution in [1.82, 2.24) is 0 Å². The maximum absolute atomic E-state index is 2.98. The fourth-order valence-electron chi connectivity index (χ4n) is 0. The second-order valence-electron chi connectivity index (χ2n) is 2.11. The van der Waals surface area contributed by atoms with Gasteiger partial charge in [0.1, 0.15) is 0 Å². The Morgan fingerprint density at radius 2 is 1.20 bits per heavy atom. The van der Waals surface area contributed by atoms with E-state index in [9.17, 15) is 0 Å². The van der Waals surface area contributed by atoms with Crippen molar-refractivity contribution in [3.8, 4) is 0 Å². The van der Waals surface area contributed by atoms with Crippen LogP contribution < -0.4 is 0 Å². The van der Waals surface area contributed by atoms with Gasteiger partial charge in [-0.3, -0.25) is 0 Å². The van der Waals surface area contributed by atoms with E-state index in [0.717, 1.165) is 0 Å². The minimum absolute atomic E-state index is 0.375. The fraction of sp³-hybridized carbons (Fsp3) is 1.00. The Kier molecular flexibility index (Phi) is 1.45. The van der Waals surface area contributed by atoms with E-state index in [-0.39, 0.29) is 0 Å². The van der Waals surface area contributed by atoms with E-state index in [2.05, 4.69) is 36.8 Å². The molecule has 0 heterocycles. The summed E-state index contributed by atoms with van der Waals surface area (Å²) in [5.41, 5.74) is 0. The summed E-state index contributed by atoms with van der Waals surface area (Å²) < 4.78 is 0.375. The van der Waals surface area contributed by atoms with Crippen LogP contribution in [0.25, 0.3) is 0 Å². The fourth-order valence-corrected chi connectivity index (χ4v) is 0. The third-order valence-electron chi connectivity index (χ3n) is 0. The summed E-state index contributed by atoms with van der Waals surface area (Å²) in [6, 6.07) is 0. The molecule has 0 aromatic carbocycles. The second-order valence-corrected chi connectivity index (χ2v) is 4.68. The summed E-state index contributed by atoms with van der Waals surface area (Å²) in [5, 5.41) is 0. The topological polar surface area (TPSA) is 0 Å². The maximum atomic E-state index is 2.98. The predicted molar refractivity (Wildman–Crippen MR) is 25.5 cm³/mol.